The highest BCUT2D eigenvalue weighted by atomic mass is 35.5. The number of carbonyl (C=O) groups is 1. The molecule has 1 heterocycles. The highest BCUT2D eigenvalue weighted by Crippen LogP contribution is 2.22. The Morgan fingerprint density at radius 2 is 1.77 bits per heavy atom. The molecule has 3 aromatic rings. The Labute approximate surface area is 157 Å². The Bertz CT molecular complexity index is 955. The Morgan fingerprint density at radius 1 is 0.962 bits per heavy atom. The number of benzene rings is 2. The lowest BCUT2D eigenvalue weighted by Crippen LogP contribution is -2.15. The molecular formula is C20H19ClN4O. The van der Waals surface area contributed by atoms with Crippen LogP contribution in [0.5, 0.6) is 0 Å². The van der Waals surface area contributed by atoms with E-state index in [1.165, 1.54) is 11.8 Å². The van der Waals surface area contributed by atoms with Gasteiger partial charge in [0.1, 0.15) is 11.5 Å². The second kappa shape index (κ2) is 7.54. The molecule has 26 heavy (non-hydrogen) atoms. The summed E-state index contributed by atoms with van der Waals surface area (Å²) in [7, 11) is 0. The first-order valence-corrected chi connectivity index (χ1v) is 8.54. The highest BCUT2D eigenvalue weighted by Gasteiger charge is 2.11. The quantitative estimate of drug-likeness (QED) is 0.678. The van der Waals surface area contributed by atoms with Crippen LogP contribution >= 0.6 is 11.6 Å². The van der Waals surface area contributed by atoms with E-state index in [0.29, 0.717) is 16.5 Å². The molecule has 3 rings (SSSR count). The third-order valence-corrected chi connectivity index (χ3v) is 4.42. The largest absolute Gasteiger partial charge is 0.339 e. The van der Waals surface area contributed by atoms with Crippen LogP contribution in [0.3, 0.4) is 0 Å². The average Bonchev–Trinajstić information content (AvgIpc) is 2.62. The van der Waals surface area contributed by atoms with Crippen molar-refractivity contribution in [2.24, 2.45) is 0 Å². The SMILES string of the molecule is Cc1cc(Cl)ccc1NC(=O)c1cnc(Nc2cccc(C)c2C)cn1. The fourth-order valence-electron chi connectivity index (χ4n) is 2.49. The van der Waals surface area contributed by atoms with Gasteiger partial charge < -0.3 is 10.6 Å². The summed E-state index contributed by atoms with van der Waals surface area (Å²) in [6.07, 6.45) is 3.00. The number of nitrogens with one attached hydrogen (secondary N) is 2. The van der Waals surface area contributed by atoms with Crippen molar-refractivity contribution in [2.75, 3.05) is 10.6 Å². The van der Waals surface area contributed by atoms with E-state index in [1.807, 2.05) is 26.0 Å². The zero-order chi connectivity index (χ0) is 18.7. The van der Waals surface area contributed by atoms with Crippen LogP contribution in [0.2, 0.25) is 5.02 Å². The maximum atomic E-state index is 12.4. The number of hydrogen-bond acceptors (Lipinski definition) is 4. The molecule has 0 spiro atoms. The lowest BCUT2D eigenvalue weighted by molar-refractivity contribution is 0.102. The van der Waals surface area contributed by atoms with Crippen molar-refractivity contribution >= 4 is 34.7 Å². The fraction of sp³-hybridized carbons (Fsp3) is 0.150. The Balaban J connectivity index is 1.72. The van der Waals surface area contributed by atoms with Gasteiger partial charge >= 0.3 is 0 Å². The normalized spacial score (nSPS) is 10.5. The number of halogens is 1. The number of rotatable bonds is 4. The average molecular weight is 367 g/mol. The molecule has 2 N–H and O–H groups in total. The third-order valence-electron chi connectivity index (χ3n) is 4.19. The lowest BCUT2D eigenvalue weighted by Gasteiger charge is -2.11. The molecule has 0 saturated heterocycles. The van der Waals surface area contributed by atoms with Crippen LogP contribution in [-0.4, -0.2) is 15.9 Å². The molecule has 0 fully saturated rings. The smallest absolute Gasteiger partial charge is 0.275 e. The van der Waals surface area contributed by atoms with Gasteiger partial charge in [-0.1, -0.05) is 23.7 Å². The van der Waals surface area contributed by atoms with Crippen LogP contribution in [0.25, 0.3) is 0 Å². The van der Waals surface area contributed by atoms with E-state index in [0.717, 1.165) is 16.8 Å². The molecule has 0 aliphatic carbocycles. The van der Waals surface area contributed by atoms with Crippen LogP contribution in [0.1, 0.15) is 27.2 Å². The van der Waals surface area contributed by atoms with Crippen LogP contribution in [0.4, 0.5) is 17.2 Å². The predicted molar refractivity (Wildman–Crippen MR) is 105 cm³/mol. The van der Waals surface area contributed by atoms with E-state index in [2.05, 4.69) is 33.6 Å². The number of carbonyl (C=O) groups excluding carboxylic acids is 1. The second-order valence-electron chi connectivity index (χ2n) is 6.07. The molecular weight excluding hydrogens is 348 g/mol. The van der Waals surface area contributed by atoms with E-state index in [1.54, 1.807) is 24.4 Å². The molecule has 1 aromatic heterocycles. The summed E-state index contributed by atoms with van der Waals surface area (Å²) >= 11 is 5.93. The molecule has 2 aromatic carbocycles. The van der Waals surface area contributed by atoms with Gasteiger partial charge in [-0.2, -0.15) is 0 Å². The Morgan fingerprint density at radius 3 is 2.46 bits per heavy atom. The van der Waals surface area contributed by atoms with E-state index < -0.39 is 0 Å². The summed E-state index contributed by atoms with van der Waals surface area (Å²) in [5.41, 5.74) is 5.12. The zero-order valence-electron chi connectivity index (χ0n) is 14.8. The van der Waals surface area contributed by atoms with E-state index in [-0.39, 0.29) is 11.6 Å². The first-order chi connectivity index (χ1) is 12.4. The van der Waals surface area contributed by atoms with Crippen molar-refractivity contribution in [3.8, 4) is 0 Å². The maximum absolute atomic E-state index is 12.4. The molecule has 0 saturated carbocycles. The molecule has 0 bridgehead atoms. The number of aromatic nitrogens is 2. The van der Waals surface area contributed by atoms with Gasteiger partial charge in [0, 0.05) is 16.4 Å². The van der Waals surface area contributed by atoms with Crippen molar-refractivity contribution in [1.29, 1.82) is 0 Å². The highest BCUT2D eigenvalue weighted by molar-refractivity contribution is 6.30. The number of aryl methyl sites for hydroxylation is 2. The first kappa shape index (κ1) is 17.9. The number of hydrogen-bond donors (Lipinski definition) is 2. The van der Waals surface area contributed by atoms with Crippen LogP contribution in [0, 0.1) is 20.8 Å². The van der Waals surface area contributed by atoms with E-state index in [4.69, 9.17) is 11.6 Å². The Hall–Kier alpha value is -2.92. The van der Waals surface area contributed by atoms with Crippen LogP contribution in [-0.2, 0) is 0 Å². The fourth-order valence-corrected chi connectivity index (χ4v) is 2.71. The van der Waals surface area contributed by atoms with Crippen LogP contribution in [0.15, 0.2) is 48.8 Å². The van der Waals surface area contributed by atoms with Gasteiger partial charge in [-0.3, -0.25) is 4.79 Å². The summed E-state index contributed by atoms with van der Waals surface area (Å²) < 4.78 is 0. The lowest BCUT2D eigenvalue weighted by atomic mass is 10.1. The summed E-state index contributed by atoms with van der Waals surface area (Å²) in [6, 6.07) is 11.3. The minimum absolute atomic E-state index is 0.242. The molecule has 0 radical (unpaired) electrons. The van der Waals surface area contributed by atoms with E-state index in [9.17, 15) is 4.79 Å². The summed E-state index contributed by atoms with van der Waals surface area (Å²) in [5.74, 6) is 0.263. The molecule has 0 aliphatic heterocycles. The van der Waals surface area contributed by atoms with Gasteiger partial charge in [0.2, 0.25) is 0 Å². The monoisotopic (exact) mass is 366 g/mol. The first-order valence-electron chi connectivity index (χ1n) is 8.17. The number of nitrogens with zero attached hydrogens (tertiary/aromatic N) is 2. The van der Waals surface area contributed by atoms with E-state index >= 15 is 0 Å². The zero-order valence-corrected chi connectivity index (χ0v) is 15.6. The van der Waals surface area contributed by atoms with Gasteiger partial charge in [0.15, 0.2) is 0 Å². The molecule has 132 valence electrons. The Kier molecular flexibility index (Phi) is 5.19. The second-order valence-corrected chi connectivity index (χ2v) is 6.51. The van der Waals surface area contributed by atoms with Gasteiger partial charge in [-0.25, -0.2) is 9.97 Å². The van der Waals surface area contributed by atoms with Crippen molar-refractivity contribution in [2.45, 2.75) is 20.8 Å². The minimum Gasteiger partial charge on any atom is -0.339 e. The topological polar surface area (TPSA) is 66.9 Å². The maximum Gasteiger partial charge on any atom is 0.275 e. The standard InChI is InChI=1S/C20H19ClN4O/c1-12-5-4-6-17(14(12)3)24-19-11-22-18(10-23-19)20(26)25-16-8-7-15(21)9-13(16)2/h4-11H,1-3H3,(H,23,24)(H,25,26). The minimum atomic E-state index is -0.318. The molecule has 0 unspecified atom stereocenters. The molecule has 0 atom stereocenters. The predicted octanol–water partition coefficient (Wildman–Crippen LogP) is 5.05. The summed E-state index contributed by atoms with van der Waals surface area (Å²) in [5, 5.41) is 6.67. The van der Waals surface area contributed by atoms with Crippen molar-refractivity contribution in [3.63, 3.8) is 0 Å². The third kappa shape index (κ3) is 4.00. The van der Waals surface area contributed by atoms with Gasteiger partial charge in [-0.15, -0.1) is 0 Å². The molecule has 1 amide bonds. The number of anilines is 3. The van der Waals surface area contributed by atoms with Crippen molar-refractivity contribution < 1.29 is 4.79 Å². The molecule has 0 aliphatic rings. The molecule has 5 nitrogen and oxygen atoms in total. The van der Waals surface area contributed by atoms with Gasteiger partial charge in [0.05, 0.1) is 12.4 Å². The van der Waals surface area contributed by atoms with Crippen LogP contribution < -0.4 is 10.6 Å². The van der Waals surface area contributed by atoms with Crippen molar-refractivity contribution in [3.05, 3.63) is 76.2 Å². The van der Waals surface area contributed by atoms with Crippen molar-refractivity contribution in [1.82, 2.24) is 9.97 Å². The van der Waals surface area contributed by atoms with Gasteiger partial charge in [-0.05, 0) is 61.7 Å². The van der Waals surface area contributed by atoms with Gasteiger partial charge in [0.25, 0.3) is 5.91 Å². The summed E-state index contributed by atoms with van der Waals surface area (Å²) in [4.78, 5) is 20.8. The number of amides is 1. The summed E-state index contributed by atoms with van der Waals surface area (Å²) in [6.45, 7) is 5.98. The molecule has 6 heteroatoms.